The summed E-state index contributed by atoms with van der Waals surface area (Å²) in [6.45, 7) is 0. The second-order valence-electron chi connectivity index (χ2n) is 4.03. The van der Waals surface area contributed by atoms with Gasteiger partial charge >= 0.3 is 0 Å². The highest BCUT2D eigenvalue weighted by molar-refractivity contribution is 9.10. The molecule has 0 aliphatic heterocycles. The summed E-state index contributed by atoms with van der Waals surface area (Å²) in [6.07, 6.45) is 0. The van der Waals surface area contributed by atoms with E-state index in [0.29, 0.717) is 21.5 Å². The number of ether oxygens (including phenoxy) is 1. The van der Waals surface area contributed by atoms with Crippen LogP contribution in [0.2, 0.25) is 5.02 Å². The van der Waals surface area contributed by atoms with E-state index < -0.39 is 4.92 Å². The van der Waals surface area contributed by atoms with E-state index in [2.05, 4.69) is 15.9 Å². The second-order valence-corrected chi connectivity index (χ2v) is 5.29. The number of nitrogens with one attached hydrogen (secondary N) is 1. The normalized spacial score (nSPS) is 10.2. The van der Waals surface area contributed by atoms with E-state index in [-0.39, 0.29) is 16.5 Å². The maximum Gasteiger partial charge on any atom is 0.271 e. The Morgan fingerprint density at radius 2 is 1.95 bits per heavy atom. The molecule has 2 rings (SSSR count). The highest BCUT2D eigenvalue weighted by Gasteiger charge is 2.12. The number of rotatable bonds is 4. The van der Waals surface area contributed by atoms with Crippen LogP contribution in [0.3, 0.4) is 0 Å². The number of nitrogen functional groups attached to an aromatic ring is 1. The molecule has 0 aromatic heterocycles. The summed E-state index contributed by atoms with van der Waals surface area (Å²) >= 11 is 9.27. The fourth-order valence-corrected chi connectivity index (χ4v) is 2.23. The quantitative estimate of drug-likeness (QED) is 0.366. The molecule has 0 radical (unpaired) electrons. The molecule has 108 valence electrons. The van der Waals surface area contributed by atoms with E-state index in [0.717, 1.165) is 0 Å². The second kappa shape index (κ2) is 6.11. The highest BCUT2D eigenvalue weighted by Crippen LogP contribution is 2.35. The number of amidine groups is 1. The Kier molecular flexibility index (Phi) is 4.44. The number of nitro groups is 1. The van der Waals surface area contributed by atoms with Crippen LogP contribution >= 0.6 is 27.5 Å². The lowest BCUT2D eigenvalue weighted by atomic mass is 10.2. The number of non-ortho nitro benzene ring substituents is 1. The molecule has 0 atom stereocenters. The lowest BCUT2D eigenvalue weighted by Crippen LogP contribution is -2.10. The van der Waals surface area contributed by atoms with Gasteiger partial charge in [0.1, 0.15) is 17.3 Å². The Hall–Kier alpha value is -2.12. The number of nitrogens with zero attached hydrogens (tertiary/aromatic N) is 1. The maximum absolute atomic E-state index is 10.6. The average molecular weight is 371 g/mol. The summed E-state index contributed by atoms with van der Waals surface area (Å²) < 4.78 is 6.18. The van der Waals surface area contributed by atoms with Gasteiger partial charge in [-0.05, 0) is 40.2 Å². The van der Waals surface area contributed by atoms with Gasteiger partial charge in [-0.15, -0.1) is 0 Å². The first kappa shape index (κ1) is 15.3. The Bertz CT molecular complexity index is 675. The zero-order valence-electron chi connectivity index (χ0n) is 10.5. The van der Waals surface area contributed by atoms with Crippen molar-refractivity contribution in [3.05, 3.63) is 61.6 Å². The number of nitro benzene ring substituents is 1. The molecule has 3 N–H and O–H groups in total. The summed E-state index contributed by atoms with van der Waals surface area (Å²) in [7, 11) is 0. The molecule has 0 bridgehead atoms. The van der Waals surface area contributed by atoms with Crippen LogP contribution in [0.1, 0.15) is 5.56 Å². The van der Waals surface area contributed by atoms with Crippen LogP contribution in [0, 0.1) is 15.5 Å². The van der Waals surface area contributed by atoms with Crippen molar-refractivity contribution in [1.82, 2.24) is 0 Å². The van der Waals surface area contributed by atoms with Crippen LogP contribution in [0.4, 0.5) is 5.69 Å². The van der Waals surface area contributed by atoms with Gasteiger partial charge in [0.15, 0.2) is 0 Å². The van der Waals surface area contributed by atoms with Crippen molar-refractivity contribution in [3.8, 4) is 11.5 Å². The van der Waals surface area contributed by atoms with Crippen molar-refractivity contribution in [2.75, 3.05) is 0 Å². The van der Waals surface area contributed by atoms with E-state index >= 15 is 0 Å². The van der Waals surface area contributed by atoms with E-state index in [4.69, 9.17) is 27.5 Å². The van der Waals surface area contributed by atoms with Gasteiger partial charge in [0.25, 0.3) is 5.69 Å². The number of benzene rings is 2. The van der Waals surface area contributed by atoms with Gasteiger partial charge in [0, 0.05) is 17.7 Å². The van der Waals surface area contributed by atoms with Crippen molar-refractivity contribution < 1.29 is 9.66 Å². The fourth-order valence-electron chi connectivity index (χ4n) is 1.56. The molecule has 0 aliphatic carbocycles. The van der Waals surface area contributed by atoms with Gasteiger partial charge in [0.05, 0.1) is 14.4 Å². The molecule has 0 saturated carbocycles. The molecule has 0 amide bonds. The standard InChI is InChI=1S/C13H9BrClN3O3/c14-9-5-7(13(16)17)1-3-11(9)21-12-4-2-8(18(19)20)6-10(12)15/h1-6H,(H3,16,17). The number of hydrogen-bond acceptors (Lipinski definition) is 4. The van der Waals surface area contributed by atoms with Crippen LogP contribution in [0.25, 0.3) is 0 Å². The van der Waals surface area contributed by atoms with Crippen LogP contribution in [0.5, 0.6) is 11.5 Å². The molecule has 0 spiro atoms. The zero-order valence-corrected chi connectivity index (χ0v) is 12.8. The summed E-state index contributed by atoms with van der Waals surface area (Å²) in [6, 6.07) is 8.83. The van der Waals surface area contributed by atoms with Crippen LogP contribution in [0.15, 0.2) is 40.9 Å². The van der Waals surface area contributed by atoms with Crippen molar-refractivity contribution in [1.29, 1.82) is 5.41 Å². The molecular formula is C13H9BrClN3O3. The predicted octanol–water partition coefficient (Wildman–Crippen LogP) is 4.09. The van der Waals surface area contributed by atoms with E-state index in [1.165, 1.54) is 18.2 Å². The highest BCUT2D eigenvalue weighted by atomic mass is 79.9. The lowest BCUT2D eigenvalue weighted by Gasteiger charge is -2.10. The van der Waals surface area contributed by atoms with Gasteiger partial charge in [-0.1, -0.05) is 11.6 Å². The van der Waals surface area contributed by atoms with Crippen molar-refractivity contribution in [2.24, 2.45) is 5.73 Å². The molecular weight excluding hydrogens is 362 g/mol. The molecule has 0 aliphatic rings. The molecule has 8 heteroatoms. The molecule has 0 heterocycles. The molecule has 0 fully saturated rings. The molecule has 0 saturated heterocycles. The first-order valence-corrected chi connectivity index (χ1v) is 6.81. The smallest absolute Gasteiger partial charge is 0.271 e. The third-order valence-electron chi connectivity index (χ3n) is 2.59. The van der Waals surface area contributed by atoms with Crippen LogP contribution < -0.4 is 10.5 Å². The van der Waals surface area contributed by atoms with Crippen LogP contribution in [-0.4, -0.2) is 10.8 Å². The molecule has 21 heavy (non-hydrogen) atoms. The first-order valence-electron chi connectivity index (χ1n) is 5.64. The minimum absolute atomic E-state index is 0.0596. The third-order valence-corrected chi connectivity index (χ3v) is 3.50. The van der Waals surface area contributed by atoms with Gasteiger partial charge in [-0.2, -0.15) is 0 Å². The Labute approximate surface area is 133 Å². The van der Waals surface area contributed by atoms with Crippen molar-refractivity contribution in [2.45, 2.75) is 0 Å². The van der Waals surface area contributed by atoms with Gasteiger partial charge in [0.2, 0.25) is 0 Å². The van der Waals surface area contributed by atoms with E-state index in [1.807, 2.05) is 0 Å². The zero-order chi connectivity index (χ0) is 15.6. The number of nitrogens with two attached hydrogens (primary N) is 1. The summed E-state index contributed by atoms with van der Waals surface area (Å²) in [4.78, 5) is 10.1. The largest absolute Gasteiger partial charge is 0.455 e. The third kappa shape index (κ3) is 3.50. The van der Waals surface area contributed by atoms with Gasteiger partial charge in [-0.3, -0.25) is 15.5 Å². The molecule has 2 aromatic rings. The minimum Gasteiger partial charge on any atom is -0.455 e. The van der Waals surface area contributed by atoms with Crippen LogP contribution in [-0.2, 0) is 0 Å². The number of halogens is 2. The maximum atomic E-state index is 10.6. The summed E-state index contributed by atoms with van der Waals surface area (Å²) in [5, 5.41) is 18.1. The molecule has 2 aromatic carbocycles. The van der Waals surface area contributed by atoms with Crippen molar-refractivity contribution in [3.63, 3.8) is 0 Å². The monoisotopic (exact) mass is 369 g/mol. The average Bonchev–Trinajstić information content (AvgIpc) is 2.42. The van der Waals surface area contributed by atoms with Crippen molar-refractivity contribution >= 4 is 39.1 Å². The fraction of sp³-hybridized carbons (Fsp3) is 0. The Balaban J connectivity index is 2.30. The Morgan fingerprint density at radius 1 is 1.29 bits per heavy atom. The summed E-state index contributed by atoms with van der Waals surface area (Å²) in [5.41, 5.74) is 5.82. The van der Waals surface area contributed by atoms with Gasteiger partial charge in [-0.25, -0.2) is 0 Å². The predicted molar refractivity (Wildman–Crippen MR) is 83.3 cm³/mol. The Morgan fingerprint density at radius 3 is 2.48 bits per heavy atom. The van der Waals surface area contributed by atoms with E-state index in [1.54, 1.807) is 18.2 Å². The number of hydrogen-bond donors (Lipinski definition) is 2. The minimum atomic E-state index is -0.534. The first-order chi connectivity index (χ1) is 9.88. The topological polar surface area (TPSA) is 102 Å². The lowest BCUT2D eigenvalue weighted by molar-refractivity contribution is -0.384. The molecule has 0 unspecified atom stereocenters. The van der Waals surface area contributed by atoms with Gasteiger partial charge < -0.3 is 10.5 Å². The molecule has 6 nitrogen and oxygen atoms in total. The SMILES string of the molecule is N=C(N)c1ccc(Oc2ccc([N+](=O)[O-])cc2Cl)c(Br)c1. The van der Waals surface area contributed by atoms with E-state index in [9.17, 15) is 10.1 Å². The summed E-state index contributed by atoms with van der Waals surface area (Å²) in [5.74, 6) is 0.685.